The summed E-state index contributed by atoms with van der Waals surface area (Å²) < 4.78 is 46.2. The highest BCUT2D eigenvalue weighted by molar-refractivity contribution is 6.30. The number of fused-ring (bicyclic) bond motifs is 1. The van der Waals surface area contributed by atoms with Crippen LogP contribution in [0.25, 0.3) is 11.1 Å². The van der Waals surface area contributed by atoms with Gasteiger partial charge in [-0.1, -0.05) is 35.9 Å². The van der Waals surface area contributed by atoms with Gasteiger partial charge in [0.15, 0.2) is 0 Å². The normalized spacial score (nSPS) is 17.9. The summed E-state index contributed by atoms with van der Waals surface area (Å²) in [6.45, 7) is 1.65. The molecule has 1 amide bonds. The van der Waals surface area contributed by atoms with Crippen LogP contribution in [0.5, 0.6) is 5.75 Å². The highest BCUT2D eigenvalue weighted by Crippen LogP contribution is 2.45. The van der Waals surface area contributed by atoms with E-state index >= 15 is 0 Å². The number of anilines is 1. The fourth-order valence-corrected chi connectivity index (χ4v) is 4.28. The second kappa shape index (κ2) is 7.61. The van der Waals surface area contributed by atoms with Crippen molar-refractivity contribution in [3.8, 4) is 16.9 Å². The molecule has 0 spiro atoms. The third kappa shape index (κ3) is 3.76. The van der Waals surface area contributed by atoms with Gasteiger partial charge in [0.2, 0.25) is 5.91 Å². The predicted octanol–water partition coefficient (Wildman–Crippen LogP) is 6.49. The van der Waals surface area contributed by atoms with Crippen LogP contribution >= 0.6 is 11.6 Å². The van der Waals surface area contributed by atoms with Crippen molar-refractivity contribution in [2.75, 3.05) is 12.4 Å². The lowest BCUT2D eigenvalue weighted by molar-refractivity contribution is -0.138. The van der Waals surface area contributed by atoms with E-state index in [9.17, 15) is 18.0 Å². The van der Waals surface area contributed by atoms with E-state index in [0.717, 1.165) is 17.2 Å². The number of hydrogen-bond acceptors (Lipinski definition) is 2. The molecular weight excluding hydrogens is 427 g/mol. The lowest BCUT2D eigenvalue weighted by atomic mass is 9.76. The number of carbonyl (C=O) groups excluding carboxylic acids is 1. The summed E-state index contributed by atoms with van der Waals surface area (Å²) in [5.41, 5.74) is 0.844. The lowest BCUT2D eigenvalue weighted by Gasteiger charge is -2.25. The Morgan fingerprint density at radius 2 is 1.81 bits per heavy atom. The quantitative estimate of drug-likeness (QED) is 0.498. The van der Waals surface area contributed by atoms with E-state index in [4.69, 9.17) is 16.3 Å². The molecule has 1 atom stereocenters. The summed E-state index contributed by atoms with van der Waals surface area (Å²) >= 11 is 5.99. The van der Waals surface area contributed by atoms with Gasteiger partial charge in [-0.2, -0.15) is 13.2 Å². The van der Waals surface area contributed by atoms with Crippen LogP contribution < -0.4 is 10.1 Å². The van der Waals surface area contributed by atoms with Gasteiger partial charge in [0, 0.05) is 16.3 Å². The molecule has 0 radical (unpaired) electrons. The van der Waals surface area contributed by atoms with E-state index in [1.54, 1.807) is 20.1 Å². The third-order valence-corrected chi connectivity index (χ3v) is 5.93. The number of hydrogen-bond donors (Lipinski definition) is 1. The molecule has 1 aliphatic rings. The van der Waals surface area contributed by atoms with Gasteiger partial charge in [-0.05, 0) is 66.4 Å². The average molecular weight is 446 g/mol. The number of para-hydroxylation sites is 1. The maximum Gasteiger partial charge on any atom is 0.416 e. The average Bonchev–Trinajstić information content (AvgIpc) is 2.96. The second-order valence-corrected chi connectivity index (χ2v) is 8.16. The number of nitrogens with one attached hydrogen (secondary N) is 1. The topological polar surface area (TPSA) is 38.3 Å². The molecule has 7 heteroatoms. The number of methoxy groups -OCH3 is 1. The van der Waals surface area contributed by atoms with Crippen molar-refractivity contribution < 1.29 is 22.7 Å². The van der Waals surface area contributed by atoms with Gasteiger partial charge in [-0.25, -0.2) is 0 Å². The van der Waals surface area contributed by atoms with Gasteiger partial charge < -0.3 is 10.1 Å². The predicted molar refractivity (Wildman–Crippen MR) is 115 cm³/mol. The van der Waals surface area contributed by atoms with Crippen molar-refractivity contribution >= 4 is 23.2 Å². The highest BCUT2D eigenvalue weighted by Gasteiger charge is 2.45. The molecule has 160 valence electrons. The van der Waals surface area contributed by atoms with Gasteiger partial charge in [0.25, 0.3) is 0 Å². The van der Waals surface area contributed by atoms with Crippen LogP contribution in [0.1, 0.15) is 23.6 Å². The van der Waals surface area contributed by atoms with Gasteiger partial charge >= 0.3 is 6.18 Å². The first-order valence-corrected chi connectivity index (χ1v) is 9.96. The zero-order valence-corrected chi connectivity index (χ0v) is 17.6. The van der Waals surface area contributed by atoms with E-state index in [2.05, 4.69) is 5.32 Å². The van der Waals surface area contributed by atoms with Crippen LogP contribution in [0.15, 0.2) is 60.7 Å². The van der Waals surface area contributed by atoms with Gasteiger partial charge in [-0.3, -0.25) is 4.79 Å². The number of ether oxygens (including phenoxy) is 1. The number of halogens is 4. The van der Waals surface area contributed by atoms with E-state index in [1.807, 2.05) is 36.4 Å². The molecular formula is C24H19ClF3NO2. The van der Waals surface area contributed by atoms with E-state index in [0.29, 0.717) is 17.0 Å². The number of rotatable bonds is 4. The Hall–Kier alpha value is -2.99. The summed E-state index contributed by atoms with van der Waals surface area (Å²) in [5, 5.41) is 2.99. The van der Waals surface area contributed by atoms with E-state index < -0.39 is 17.2 Å². The molecule has 31 heavy (non-hydrogen) atoms. The molecule has 3 aromatic rings. The molecule has 0 aliphatic carbocycles. The Morgan fingerprint density at radius 1 is 1.06 bits per heavy atom. The molecule has 0 fully saturated rings. The van der Waals surface area contributed by atoms with Crippen molar-refractivity contribution in [1.29, 1.82) is 0 Å². The van der Waals surface area contributed by atoms with Crippen LogP contribution in [0, 0.1) is 0 Å². The first kappa shape index (κ1) is 21.2. The molecule has 3 nitrogen and oxygen atoms in total. The zero-order valence-electron chi connectivity index (χ0n) is 16.8. The molecule has 3 aromatic carbocycles. The summed E-state index contributed by atoms with van der Waals surface area (Å²) in [6.07, 6.45) is -4.69. The van der Waals surface area contributed by atoms with Crippen LogP contribution in [0.3, 0.4) is 0 Å². The molecule has 0 saturated heterocycles. The minimum Gasteiger partial charge on any atom is -0.496 e. The fraction of sp³-hybridized carbons (Fsp3) is 0.208. The maximum absolute atomic E-state index is 13.6. The Balaban J connectivity index is 1.82. The molecule has 0 saturated carbocycles. The van der Waals surface area contributed by atoms with Crippen LogP contribution in [-0.2, 0) is 22.8 Å². The monoisotopic (exact) mass is 445 g/mol. The first-order valence-electron chi connectivity index (χ1n) is 9.58. The minimum absolute atomic E-state index is 0.0202. The maximum atomic E-state index is 13.6. The summed E-state index contributed by atoms with van der Waals surface area (Å²) in [7, 11) is 1.57. The van der Waals surface area contributed by atoms with Crippen LogP contribution in [-0.4, -0.2) is 13.0 Å². The Morgan fingerprint density at radius 3 is 2.52 bits per heavy atom. The number of amides is 1. The minimum atomic E-state index is -4.55. The summed E-state index contributed by atoms with van der Waals surface area (Å²) in [4.78, 5) is 12.9. The number of alkyl halides is 3. The van der Waals surface area contributed by atoms with Crippen molar-refractivity contribution in [2.24, 2.45) is 0 Å². The summed E-state index contributed by atoms with van der Waals surface area (Å²) in [6, 6.07) is 16.3. The zero-order chi connectivity index (χ0) is 22.4. The fourth-order valence-electron chi connectivity index (χ4n) is 4.08. The molecule has 1 unspecified atom stereocenters. The molecule has 1 N–H and O–H groups in total. The largest absolute Gasteiger partial charge is 0.496 e. The highest BCUT2D eigenvalue weighted by atomic mass is 35.5. The molecule has 0 bridgehead atoms. The van der Waals surface area contributed by atoms with Gasteiger partial charge in [0.05, 0.1) is 18.1 Å². The molecule has 4 rings (SSSR count). The van der Waals surface area contributed by atoms with Crippen LogP contribution in [0.2, 0.25) is 5.02 Å². The smallest absolute Gasteiger partial charge is 0.416 e. The molecule has 1 aliphatic heterocycles. The van der Waals surface area contributed by atoms with Crippen LogP contribution in [0.4, 0.5) is 18.9 Å². The van der Waals surface area contributed by atoms with Crippen molar-refractivity contribution in [1.82, 2.24) is 0 Å². The summed E-state index contributed by atoms with van der Waals surface area (Å²) in [5.74, 6) is 0.309. The number of benzene rings is 3. The van der Waals surface area contributed by atoms with E-state index in [-0.39, 0.29) is 22.9 Å². The second-order valence-electron chi connectivity index (χ2n) is 7.72. The Bertz CT molecular complexity index is 1180. The first-order chi connectivity index (χ1) is 14.6. The van der Waals surface area contributed by atoms with Gasteiger partial charge in [-0.15, -0.1) is 0 Å². The lowest BCUT2D eigenvalue weighted by Crippen LogP contribution is -2.34. The van der Waals surface area contributed by atoms with Crippen molar-refractivity contribution in [3.63, 3.8) is 0 Å². The number of carbonyl (C=O) groups is 1. The molecule has 0 aromatic heterocycles. The Kier molecular flexibility index (Phi) is 5.21. The van der Waals surface area contributed by atoms with E-state index in [1.165, 1.54) is 12.1 Å². The standard InChI is InChI=1S/C24H19ClF3NO2/c1-23(13-15-11-16(25)8-9-18(15)24(26,27)28)19-12-14(7-10-20(19)29-22(23)30)17-5-3-4-6-21(17)31-2/h3-12H,13H2,1-2H3,(H,29,30). The van der Waals surface area contributed by atoms with Crippen molar-refractivity contribution in [2.45, 2.75) is 24.9 Å². The SMILES string of the molecule is COc1ccccc1-c1ccc2c(c1)C(C)(Cc1cc(Cl)ccc1C(F)(F)F)C(=O)N2. The van der Waals surface area contributed by atoms with Gasteiger partial charge in [0.1, 0.15) is 5.75 Å². The third-order valence-electron chi connectivity index (χ3n) is 5.70. The van der Waals surface area contributed by atoms with Crippen molar-refractivity contribution in [3.05, 3.63) is 82.4 Å². The molecule has 1 heterocycles. The Labute approximate surface area is 182 Å².